The van der Waals surface area contributed by atoms with Crippen molar-refractivity contribution in [3.05, 3.63) is 76.4 Å². The number of nitriles is 1. The van der Waals surface area contributed by atoms with Gasteiger partial charge in [-0.15, -0.1) is 11.3 Å². The average molecular weight is 377 g/mol. The third kappa shape index (κ3) is 3.61. The van der Waals surface area contributed by atoms with E-state index >= 15 is 0 Å². The quantitative estimate of drug-likeness (QED) is 0.674. The molecule has 6 nitrogen and oxygen atoms in total. The van der Waals surface area contributed by atoms with Crippen molar-refractivity contribution < 1.29 is 13.9 Å². The van der Waals surface area contributed by atoms with Crippen molar-refractivity contribution in [2.75, 3.05) is 6.61 Å². The first-order valence-electron chi connectivity index (χ1n) is 8.34. The number of benzene rings is 1. The Balaban J connectivity index is 1.52. The number of amides is 1. The molecule has 0 bridgehead atoms. The van der Waals surface area contributed by atoms with Crippen LogP contribution in [-0.2, 0) is 4.79 Å². The zero-order valence-electron chi connectivity index (χ0n) is 14.2. The summed E-state index contributed by atoms with van der Waals surface area (Å²) in [5.41, 5.74) is 1.33. The monoisotopic (exact) mass is 377 g/mol. The van der Waals surface area contributed by atoms with Gasteiger partial charge in [-0.05, 0) is 41.8 Å². The number of thiophene rings is 1. The Morgan fingerprint density at radius 1 is 1.33 bits per heavy atom. The van der Waals surface area contributed by atoms with Crippen molar-refractivity contribution in [3.8, 4) is 11.8 Å². The summed E-state index contributed by atoms with van der Waals surface area (Å²) in [5.74, 6) is 0.883. The molecular weight excluding hydrogens is 362 g/mol. The molecule has 0 saturated heterocycles. The zero-order valence-corrected chi connectivity index (χ0v) is 15.1. The van der Waals surface area contributed by atoms with Gasteiger partial charge in [-0.3, -0.25) is 4.79 Å². The number of carbonyl (C=O) groups excluding carboxylic acids is 1. The number of nitrogens with zero attached hydrogens (tertiary/aromatic N) is 3. The second kappa shape index (κ2) is 7.48. The van der Waals surface area contributed by atoms with Crippen LogP contribution < -0.4 is 4.74 Å². The summed E-state index contributed by atoms with van der Waals surface area (Å²) < 4.78 is 11.1. The molecule has 1 aliphatic heterocycles. The standard InChI is InChI=1S/C20H15N3O3S/c21-12-14-4-1-5-15(10-14)26-13-20(24)23-17(18-6-2-8-25-18)11-16(22-23)19-7-3-9-27-19/h1-10,17H,11,13H2/t17-/m0/s1. The molecule has 1 aliphatic rings. The molecule has 1 amide bonds. The molecule has 27 heavy (non-hydrogen) atoms. The summed E-state index contributed by atoms with van der Waals surface area (Å²) in [6, 6.07) is 16.0. The Morgan fingerprint density at radius 3 is 3.00 bits per heavy atom. The fourth-order valence-corrected chi connectivity index (χ4v) is 3.62. The van der Waals surface area contributed by atoms with Gasteiger partial charge < -0.3 is 9.15 Å². The van der Waals surface area contributed by atoms with Crippen molar-refractivity contribution in [2.24, 2.45) is 5.10 Å². The molecule has 134 valence electrons. The molecule has 0 aliphatic carbocycles. The van der Waals surface area contributed by atoms with E-state index in [0.717, 1.165) is 10.6 Å². The SMILES string of the molecule is N#Cc1cccc(OCC(=O)N2N=C(c3cccs3)C[C@H]2c2ccco2)c1. The third-order valence-corrected chi connectivity index (χ3v) is 5.09. The van der Waals surface area contributed by atoms with Crippen LogP contribution in [-0.4, -0.2) is 23.2 Å². The summed E-state index contributed by atoms with van der Waals surface area (Å²) in [6.45, 7) is -0.173. The molecule has 0 spiro atoms. The molecule has 3 aromatic rings. The summed E-state index contributed by atoms with van der Waals surface area (Å²) in [5, 5.41) is 16.9. The summed E-state index contributed by atoms with van der Waals surface area (Å²) >= 11 is 1.59. The van der Waals surface area contributed by atoms with Gasteiger partial charge in [-0.1, -0.05) is 12.1 Å². The van der Waals surface area contributed by atoms with Crippen molar-refractivity contribution in [1.82, 2.24) is 5.01 Å². The molecule has 7 heteroatoms. The van der Waals surface area contributed by atoms with Gasteiger partial charge in [0, 0.05) is 6.42 Å². The molecule has 2 aromatic heterocycles. The summed E-state index contributed by atoms with van der Waals surface area (Å²) in [4.78, 5) is 13.8. The Kier molecular flexibility index (Phi) is 4.73. The van der Waals surface area contributed by atoms with Gasteiger partial charge in [0.2, 0.25) is 0 Å². The normalized spacial score (nSPS) is 16.0. The van der Waals surface area contributed by atoms with Crippen LogP contribution in [0.3, 0.4) is 0 Å². The maximum absolute atomic E-state index is 12.8. The van der Waals surface area contributed by atoms with Crippen LogP contribution in [0, 0.1) is 11.3 Å². The maximum atomic E-state index is 12.8. The van der Waals surface area contributed by atoms with Crippen LogP contribution in [0.5, 0.6) is 5.75 Å². The third-order valence-electron chi connectivity index (χ3n) is 4.17. The predicted molar refractivity (Wildman–Crippen MR) is 100 cm³/mol. The van der Waals surface area contributed by atoms with Gasteiger partial charge in [-0.2, -0.15) is 10.4 Å². The molecule has 0 unspecified atom stereocenters. The Hall–Kier alpha value is -3.37. The molecule has 0 saturated carbocycles. The van der Waals surface area contributed by atoms with Crippen molar-refractivity contribution in [2.45, 2.75) is 12.5 Å². The van der Waals surface area contributed by atoms with Gasteiger partial charge in [-0.25, -0.2) is 5.01 Å². The van der Waals surface area contributed by atoms with E-state index in [0.29, 0.717) is 23.5 Å². The van der Waals surface area contributed by atoms with Crippen molar-refractivity contribution in [3.63, 3.8) is 0 Å². The van der Waals surface area contributed by atoms with E-state index in [9.17, 15) is 4.79 Å². The highest BCUT2D eigenvalue weighted by atomic mass is 32.1. The van der Waals surface area contributed by atoms with Gasteiger partial charge >= 0.3 is 0 Å². The minimum absolute atomic E-state index is 0.173. The Morgan fingerprint density at radius 2 is 2.26 bits per heavy atom. The fourth-order valence-electron chi connectivity index (χ4n) is 2.90. The molecule has 1 aromatic carbocycles. The first-order valence-corrected chi connectivity index (χ1v) is 9.22. The second-order valence-corrected chi connectivity index (χ2v) is 6.87. The maximum Gasteiger partial charge on any atom is 0.281 e. The molecule has 4 rings (SSSR count). The van der Waals surface area contributed by atoms with Crippen molar-refractivity contribution in [1.29, 1.82) is 5.26 Å². The van der Waals surface area contributed by atoms with Gasteiger partial charge in [0.05, 0.1) is 28.5 Å². The molecule has 0 fully saturated rings. The lowest BCUT2D eigenvalue weighted by atomic mass is 10.1. The second-order valence-electron chi connectivity index (χ2n) is 5.93. The summed E-state index contributed by atoms with van der Waals surface area (Å²) in [6.07, 6.45) is 2.18. The topological polar surface area (TPSA) is 78.8 Å². The molecular formula is C20H15N3O3S. The largest absolute Gasteiger partial charge is 0.484 e. The minimum Gasteiger partial charge on any atom is -0.484 e. The fraction of sp³-hybridized carbons (Fsp3) is 0.150. The van der Waals surface area contributed by atoms with E-state index < -0.39 is 0 Å². The van der Waals surface area contributed by atoms with Crippen LogP contribution in [0.25, 0.3) is 0 Å². The number of furan rings is 1. The highest BCUT2D eigenvalue weighted by Crippen LogP contribution is 2.34. The van der Waals surface area contributed by atoms with E-state index in [4.69, 9.17) is 14.4 Å². The lowest BCUT2D eigenvalue weighted by molar-refractivity contribution is -0.135. The number of rotatable bonds is 5. The van der Waals surface area contributed by atoms with E-state index in [2.05, 4.69) is 5.10 Å². The molecule has 0 N–H and O–H groups in total. The van der Waals surface area contributed by atoms with Crippen LogP contribution in [0.2, 0.25) is 0 Å². The number of ether oxygens (including phenoxy) is 1. The first-order chi connectivity index (χ1) is 13.2. The first kappa shape index (κ1) is 17.1. The number of hydrogen-bond donors (Lipinski definition) is 0. The molecule has 3 heterocycles. The van der Waals surface area contributed by atoms with Crippen LogP contribution in [0.15, 0.2) is 69.7 Å². The summed E-state index contributed by atoms with van der Waals surface area (Å²) in [7, 11) is 0. The zero-order chi connectivity index (χ0) is 18.6. The van der Waals surface area contributed by atoms with Crippen LogP contribution >= 0.6 is 11.3 Å². The van der Waals surface area contributed by atoms with Crippen LogP contribution in [0.4, 0.5) is 0 Å². The van der Waals surface area contributed by atoms with Gasteiger partial charge in [0.1, 0.15) is 17.6 Å². The Labute approximate surface area is 159 Å². The minimum atomic E-state index is -0.293. The van der Waals surface area contributed by atoms with E-state index in [1.165, 1.54) is 5.01 Å². The van der Waals surface area contributed by atoms with Crippen LogP contribution in [0.1, 0.15) is 28.7 Å². The van der Waals surface area contributed by atoms with Gasteiger partial charge in [0.25, 0.3) is 5.91 Å². The lowest BCUT2D eigenvalue weighted by Crippen LogP contribution is -2.31. The highest BCUT2D eigenvalue weighted by Gasteiger charge is 2.35. The Bertz CT molecular complexity index is 1000. The lowest BCUT2D eigenvalue weighted by Gasteiger charge is -2.20. The average Bonchev–Trinajstić information content (AvgIpc) is 3.46. The molecule has 1 atom stereocenters. The number of carbonyl (C=O) groups is 1. The van der Waals surface area contributed by atoms with E-state index in [1.54, 1.807) is 47.9 Å². The van der Waals surface area contributed by atoms with E-state index in [1.807, 2.05) is 29.6 Å². The van der Waals surface area contributed by atoms with E-state index in [-0.39, 0.29) is 18.6 Å². The smallest absolute Gasteiger partial charge is 0.281 e. The van der Waals surface area contributed by atoms with Gasteiger partial charge in [0.15, 0.2) is 6.61 Å². The number of hydrogen-bond acceptors (Lipinski definition) is 6. The number of hydrazone groups is 1. The molecule has 0 radical (unpaired) electrons. The highest BCUT2D eigenvalue weighted by molar-refractivity contribution is 7.12. The predicted octanol–water partition coefficient (Wildman–Crippen LogP) is 3.97. The van der Waals surface area contributed by atoms with Crippen molar-refractivity contribution >= 4 is 23.0 Å².